The number of aromatic amines is 1. The standard InChI is InChI=1S/C4H4ClN3O/c5-4-3(9)2(6)1-7-8-4/h1H,(H2,6,8)(H,7,9). The van der Waals surface area contributed by atoms with Gasteiger partial charge in [0.15, 0.2) is 5.15 Å². The molecule has 0 saturated heterocycles. The van der Waals surface area contributed by atoms with Crippen molar-refractivity contribution < 1.29 is 0 Å². The molecule has 0 spiro atoms. The summed E-state index contributed by atoms with van der Waals surface area (Å²) in [6.45, 7) is 0. The molecule has 0 amide bonds. The van der Waals surface area contributed by atoms with Gasteiger partial charge in [-0.2, -0.15) is 5.10 Å². The molecule has 48 valence electrons. The Morgan fingerprint density at radius 1 is 1.78 bits per heavy atom. The van der Waals surface area contributed by atoms with Crippen LogP contribution in [0.4, 0.5) is 5.69 Å². The average molecular weight is 146 g/mol. The summed E-state index contributed by atoms with van der Waals surface area (Å²) in [5, 5.41) is 5.62. The number of H-pyrrole nitrogens is 1. The maximum Gasteiger partial charge on any atom is 0.241 e. The molecule has 0 aliphatic carbocycles. The predicted molar refractivity (Wildman–Crippen MR) is 34.3 cm³/mol. The molecule has 1 aromatic rings. The van der Waals surface area contributed by atoms with Crippen LogP contribution in [0.2, 0.25) is 5.15 Å². The van der Waals surface area contributed by atoms with Crippen LogP contribution in [-0.2, 0) is 0 Å². The first kappa shape index (κ1) is 6.10. The lowest BCUT2D eigenvalue weighted by atomic mass is 10.5. The molecule has 0 unspecified atom stereocenters. The van der Waals surface area contributed by atoms with Crippen molar-refractivity contribution in [2.45, 2.75) is 0 Å². The van der Waals surface area contributed by atoms with E-state index in [1.807, 2.05) is 0 Å². The summed E-state index contributed by atoms with van der Waals surface area (Å²) in [7, 11) is 0. The Kier molecular flexibility index (Phi) is 1.40. The van der Waals surface area contributed by atoms with Crippen molar-refractivity contribution in [3.05, 3.63) is 21.6 Å². The zero-order chi connectivity index (χ0) is 6.85. The number of anilines is 1. The molecule has 1 aromatic heterocycles. The minimum atomic E-state index is -0.435. The maximum absolute atomic E-state index is 10.6. The van der Waals surface area contributed by atoms with Gasteiger partial charge in [-0.25, -0.2) is 0 Å². The number of nitrogen functional groups attached to an aromatic ring is 1. The van der Waals surface area contributed by atoms with Gasteiger partial charge in [0.2, 0.25) is 5.43 Å². The first-order chi connectivity index (χ1) is 4.22. The fourth-order valence-corrected chi connectivity index (χ4v) is 0.552. The van der Waals surface area contributed by atoms with Crippen molar-refractivity contribution in [1.82, 2.24) is 10.2 Å². The molecule has 0 saturated carbocycles. The van der Waals surface area contributed by atoms with Crippen LogP contribution in [0.15, 0.2) is 11.0 Å². The minimum Gasteiger partial charge on any atom is -0.394 e. The average Bonchev–Trinajstić information content (AvgIpc) is 1.83. The van der Waals surface area contributed by atoms with E-state index in [0.717, 1.165) is 0 Å². The van der Waals surface area contributed by atoms with Crippen molar-refractivity contribution in [3.63, 3.8) is 0 Å². The molecule has 0 bridgehead atoms. The van der Waals surface area contributed by atoms with E-state index in [1.54, 1.807) is 0 Å². The van der Waals surface area contributed by atoms with E-state index >= 15 is 0 Å². The smallest absolute Gasteiger partial charge is 0.241 e. The Morgan fingerprint density at radius 2 is 2.44 bits per heavy atom. The Morgan fingerprint density at radius 3 is 2.89 bits per heavy atom. The number of hydrogen-bond donors (Lipinski definition) is 2. The lowest BCUT2D eigenvalue weighted by molar-refractivity contribution is 1.02. The van der Waals surface area contributed by atoms with Gasteiger partial charge >= 0.3 is 0 Å². The van der Waals surface area contributed by atoms with Crippen molar-refractivity contribution in [1.29, 1.82) is 0 Å². The lowest BCUT2D eigenvalue weighted by Gasteiger charge is -1.88. The molecule has 5 heteroatoms. The molecule has 0 radical (unpaired) electrons. The lowest BCUT2D eigenvalue weighted by Crippen LogP contribution is -2.10. The Balaban J connectivity index is 3.43. The molecule has 0 atom stereocenters. The van der Waals surface area contributed by atoms with Crippen LogP contribution in [0.1, 0.15) is 0 Å². The van der Waals surface area contributed by atoms with E-state index in [9.17, 15) is 4.79 Å². The quantitative estimate of drug-likeness (QED) is 0.540. The second-order valence-corrected chi connectivity index (χ2v) is 1.82. The third-order valence-electron chi connectivity index (χ3n) is 0.832. The summed E-state index contributed by atoms with van der Waals surface area (Å²) >= 11 is 5.28. The van der Waals surface area contributed by atoms with E-state index in [2.05, 4.69) is 10.2 Å². The molecule has 0 fully saturated rings. The van der Waals surface area contributed by atoms with E-state index in [0.29, 0.717) is 0 Å². The summed E-state index contributed by atoms with van der Waals surface area (Å²) in [5.74, 6) is 0. The summed E-state index contributed by atoms with van der Waals surface area (Å²) in [4.78, 5) is 10.6. The zero-order valence-corrected chi connectivity index (χ0v) is 5.14. The Bertz CT molecular complexity index is 246. The van der Waals surface area contributed by atoms with E-state index < -0.39 is 5.43 Å². The molecule has 0 aliphatic heterocycles. The highest BCUT2D eigenvalue weighted by atomic mass is 35.5. The number of halogens is 1. The number of hydrogen-bond acceptors (Lipinski definition) is 3. The summed E-state index contributed by atoms with van der Waals surface area (Å²) in [6, 6.07) is 0. The van der Waals surface area contributed by atoms with Crippen LogP contribution >= 0.6 is 11.6 Å². The van der Waals surface area contributed by atoms with Gasteiger partial charge in [0.05, 0.1) is 0 Å². The highest BCUT2D eigenvalue weighted by Crippen LogP contribution is 1.95. The van der Waals surface area contributed by atoms with Gasteiger partial charge in [0, 0.05) is 6.20 Å². The maximum atomic E-state index is 10.6. The van der Waals surface area contributed by atoms with Gasteiger partial charge in [-0.1, -0.05) is 11.6 Å². The van der Waals surface area contributed by atoms with Crippen LogP contribution in [0.25, 0.3) is 0 Å². The van der Waals surface area contributed by atoms with Crippen molar-refractivity contribution in [3.8, 4) is 0 Å². The summed E-state index contributed by atoms with van der Waals surface area (Å²) in [5.41, 5.74) is 4.80. The number of rotatable bonds is 0. The third kappa shape index (κ3) is 1.02. The van der Waals surface area contributed by atoms with Gasteiger partial charge in [-0.3, -0.25) is 9.89 Å². The molecule has 1 rings (SSSR count). The Hall–Kier alpha value is -1.03. The number of nitrogens with zero attached hydrogens (tertiary/aromatic N) is 1. The predicted octanol–water partition coefficient (Wildman–Crippen LogP) is 0.00550. The Labute approximate surface area is 55.6 Å². The highest BCUT2D eigenvalue weighted by molar-refractivity contribution is 6.29. The largest absolute Gasteiger partial charge is 0.394 e. The molecular formula is C4H4ClN3O. The van der Waals surface area contributed by atoms with Crippen molar-refractivity contribution >= 4 is 17.3 Å². The fraction of sp³-hybridized carbons (Fsp3) is 0. The molecule has 9 heavy (non-hydrogen) atoms. The van der Waals surface area contributed by atoms with Crippen LogP contribution in [0.3, 0.4) is 0 Å². The summed E-state index contributed by atoms with van der Waals surface area (Å²) < 4.78 is 0. The minimum absolute atomic E-state index is 0.0787. The fourth-order valence-electron chi connectivity index (χ4n) is 0.394. The first-order valence-electron chi connectivity index (χ1n) is 2.21. The van der Waals surface area contributed by atoms with Crippen LogP contribution in [0.5, 0.6) is 0 Å². The second kappa shape index (κ2) is 2.06. The van der Waals surface area contributed by atoms with Gasteiger partial charge < -0.3 is 5.73 Å². The molecule has 0 aromatic carbocycles. The van der Waals surface area contributed by atoms with E-state index in [4.69, 9.17) is 17.3 Å². The van der Waals surface area contributed by atoms with Gasteiger partial charge in [0.1, 0.15) is 5.69 Å². The van der Waals surface area contributed by atoms with Gasteiger partial charge in [-0.15, -0.1) is 0 Å². The topological polar surface area (TPSA) is 71.8 Å². The van der Waals surface area contributed by atoms with Crippen LogP contribution < -0.4 is 11.2 Å². The molecule has 3 N–H and O–H groups in total. The van der Waals surface area contributed by atoms with Crippen LogP contribution in [-0.4, -0.2) is 10.2 Å². The summed E-state index contributed by atoms with van der Waals surface area (Å²) in [6.07, 6.45) is 1.29. The second-order valence-electron chi connectivity index (χ2n) is 1.46. The molecular weight excluding hydrogens is 142 g/mol. The van der Waals surface area contributed by atoms with Crippen LogP contribution in [0, 0.1) is 0 Å². The first-order valence-corrected chi connectivity index (χ1v) is 2.58. The van der Waals surface area contributed by atoms with E-state index in [-0.39, 0.29) is 10.8 Å². The third-order valence-corrected chi connectivity index (χ3v) is 1.09. The molecule has 0 aliphatic rings. The SMILES string of the molecule is Nc1c[nH]nc(Cl)c1=O. The van der Waals surface area contributed by atoms with Crippen molar-refractivity contribution in [2.75, 3.05) is 5.73 Å². The van der Waals surface area contributed by atoms with Crippen molar-refractivity contribution in [2.24, 2.45) is 0 Å². The molecule has 4 nitrogen and oxygen atoms in total. The monoisotopic (exact) mass is 145 g/mol. The zero-order valence-electron chi connectivity index (χ0n) is 4.39. The normalized spacial score (nSPS) is 9.44. The van der Waals surface area contributed by atoms with Gasteiger partial charge in [-0.05, 0) is 0 Å². The number of nitrogens with two attached hydrogens (primary N) is 1. The van der Waals surface area contributed by atoms with E-state index in [1.165, 1.54) is 6.20 Å². The number of aromatic nitrogens is 2. The highest BCUT2D eigenvalue weighted by Gasteiger charge is 1.97. The number of nitrogens with one attached hydrogen (secondary N) is 1. The van der Waals surface area contributed by atoms with Gasteiger partial charge in [0.25, 0.3) is 0 Å². The molecule has 1 heterocycles.